The summed E-state index contributed by atoms with van der Waals surface area (Å²) in [6, 6.07) is 0.711. The Labute approximate surface area is 82.3 Å². The molecule has 0 aliphatic heterocycles. The average Bonchev–Trinajstić information content (AvgIpc) is 2.06. The van der Waals surface area contributed by atoms with Crippen LogP contribution in [0.4, 0.5) is 0 Å². The van der Waals surface area contributed by atoms with Gasteiger partial charge in [-0.15, -0.1) is 0 Å². The Hall–Kier alpha value is -0.0800. The Morgan fingerprint density at radius 2 is 2.15 bits per heavy atom. The van der Waals surface area contributed by atoms with Crippen LogP contribution in [0.2, 0.25) is 0 Å². The largest absolute Gasteiger partial charge is 0.330 e. The second-order valence-electron chi connectivity index (χ2n) is 4.38. The lowest BCUT2D eigenvalue weighted by Crippen LogP contribution is -2.31. The molecule has 2 heteroatoms. The summed E-state index contributed by atoms with van der Waals surface area (Å²) in [5.41, 5.74) is 5.43. The molecule has 0 bridgehead atoms. The van der Waals surface area contributed by atoms with E-state index in [2.05, 4.69) is 12.2 Å². The van der Waals surface area contributed by atoms with Crippen molar-refractivity contribution >= 4 is 0 Å². The Morgan fingerprint density at radius 3 is 2.69 bits per heavy atom. The van der Waals surface area contributed by atoms with Gasteiger partial charge in [0.05, 0.1) is 0 Å². The third-order valence-corrected chi connectivity index (χ3v) is 3.04. The van der Waals surface area contributed by atoms with Gasteiger partial charge in [-0.1, -0.05) is 19.3 Å². The van der Waals surface area contributed by atoms with Crippen molar-refractivity contribution in [2.45, 2.75) is 51.5 Å². The van der Waals surface area contributed by atoms with Crippen LogP contribution >= 0.6 is 0 Å². The minimum absolute atomic E-state index is 0.711. The lowest BCUT2D eigenvalue weighted by molar-refractivity contribution is 0.266. The molecule has 0 aromatic carbocycles. The molecular formula is C11H24N2. The second-order valence-corrected chi connectivity index (χ2v) is 4.38. The van der Waals surface area contributed by atoms with Gasteiger partial charge in [-0.2, -0.15) is 0 Å². The molecule has 0 aromatic heterocycles. The van der Waals surface area contributed by atoms with Crippen LogP contribution in [0.15, 0.2) is 0 Å². The van der Waals surface area contributed by atoms with Crippen molar-refractivity contribution < 1.29 is 0 Å². The maximum absolute atomic E-state index is 5.43. The molecule has 2 nitrogen and oxygen atoms in total. The zero-order chi connectivity index (χ0) is 9.52. The number of hydrogen-bond donors (Lipinski definition) is 2. The molecule has 1 aliphatic carbocycles. The summed E-state index contributed by atoms with van der Waals surface area (Å²) in [5, 5.41) is 3.56. The Bertz CT molecular complexity index is 121. The monoisotopic (exact) mass is 184 g/mol. The van der Waals surface area contributed by atoms with Crippen LogP contribution in [0.1, 0.15) is 45.4 Å². The highest BCUT2D eigenvalue weighted by molar-refractivity contribution is 4.74. The molecule has 1 rings (SSSR count). The molecule has 0 amide bonds. The molecule has 0 spiro atoms. The molecule has 0 radical (unpaired) electrons. The first kappa shape index (κ1) is 11.0. The van der Waals surface area contributed by atoms with Gasteiger partial charge in [-0.25, -0.2) is 0 Å². The van der Waals surface area contributed by atoms with Gasteiger partial charge in [-0.05, 0) is 45.2 Å². The van der Waals surface area contributed by atoms with E-state index >= 15 is 0 Å². The topological polar surface area (TPSA) is 38.0 Å². The zero-order valence-electron chi connectivity index (χ0n) is 8.89. The van der Waals surface area contributed by atoms with Crippen molar-refractivity contribution in [2.24, 2.45) is 11.7 Å². The summed E-state index contributed by atoms with van der Waals surface area (Å²) >= 11 is 0. The summed E-state index contributed by atoms with van der Waals surface area (Å²) in [6.45, 7) is 4.28. The van der Waals surface area contributed by atoms with Gasteiger partial charge in [0.2, 0.25) is 0 Å². The fourth-order valence-electron chi connectivity index (χ4n) is 1.93. The minimum Gasteiger partial charge on any atom is -0.330 e. The summed E-state index contributed by atoms with van der Waals surface area (Å²) in [7, 11) is 0. The van der Waals surface area contributed by atoms with Crippen molar-refractivity contribution in [3.63, 3.8) is 0 Å². The fourth-order valence-corrected chi connectivity index (χ4v) is 1.93. The van der Waals surface area contributed by atoms with Crippen molar-refractivity contribution in [1.82, 2.24) is 5.32 Å². The highest BCUT2D eigenvalue weighted by Crippen LogP contribution is 2.30. The van der Waals surface area contributed by atoms with Gasteiger partial charge in [0.15, 0.2) is 0 Å². The Balaban J connectivity index is 1.87. The molecule has 78 valence electrons. The van der Waals surface area contributed by atoms with Gasteiger partial charge in [0, 0.05) is 6.04 Å². The van der Waals surface area contributed by atoms with E-state index in [1.54, 1.807) is 0 Å². The van der Waals surface area contributed by atoms with Gasteiger partial charge in [-0.3, -0.25) is 0 Å². The first-order chi connectivity index (χ1) is 6.33. The van der Waals surface area contributed by atoms with Gasteiger partial charge in [0.25, 0.3) is 0 Å². The van der Waals surface area contributed by atoms with E-state index in [9.17, 15) is 0 Å². The van der Waals surface area contributed by atoms with E-state index in [-0.39, 0.29) is 0 Å². The van der Waals surface area contributed by atoms with Crippen molar-refractivity contribution in [1.29, 1.82) is 0 Å². The maximum atomic E-state index is 5.43. The third kappa shape index (κ3) is 4.63. The molecule has 13 heavy (non-hydrogen) atoms. The molecule has 0 heterocycles. The molecule has 1 unspecified atom stereocenters. The summed E-state index contributed by atoms with van der Waals surface area (Å²) in [5.74, 6) is 1.03. The highest BCUT2D eigenvalue weighted by Gasteiger charge is 2.19. The molecule has 1 fully saturated rings. The summed E-state index contributed by atoms with van der Waals surface area (Å²) < 4.78 is 0. The SMILES string of the molecule is CC(CC1CCC1)NCCCCN. The van der Waals surface area contributed by atoms with Gasteiger partial charge >= 0.3 is 0 Å². The standard InChI is InChI=1S/C11H24N2/c1-10(9-11-5-4-6-11)13-8-3-2-7-12/h10-11,13H,2-9,12H2,1H3. The van der Waals surface area contributed by atoms with Crippen LogP contribution in [-0.4, -0.2) is 19.1 Å². The van der Waals surface area contributed by atoms with E-state index in [0.29, 0.717) is 6.04 Å². The maximum Gasteiger partial charge on any atom is 0.00413 e. The average molecular weight is 184 g/mol. The molecule has 1 saturated carbocycles. The van der Waals surface area contributed by atoms with Crippen LogP contribution < -0.4 is 11.1 Å². The fraction of sp³-hybridized carbons (Fsp3) is 1.00. The van der Waals surface area contributed by atoms with Crippen molar-refractivity contribution in [2.75, 3.05) is 13.1 Å². The molecule has 3 N–H and O–H groups in total. The summed E-state index contributed by atoms with van der Waals surface area (Å²) in [4.78, 5) is 0. The lowest BCUT2D eigenvalue weighted by Gasteiger charge is -2.28. The van der Waals surface area contributed by atoms with Crippen LogP contribution in [0, 0.1) is 5.92 Å². The van der Waals surface area contributed by atoms with Crippen LogP contribution in [0.25, 0.3) is 0 Å². The number of nitrogens with two attached hydrogens (primary N) is 1. The predicted molar refractivity (Wildman–Crippen MR) is 57.7 cm³/mol. The first-order valence-electron chi connectivity index (χ1n) is 5.76. The number of nitrogens with one attached hydrogen (secondary N) is 1. The predicted octanol–water partition coefficient (Wildman–Crippen LogP) is 1.89. The van der Waals surface area contributed by atoms with Gasteiger partial charge in [0.1, 0.15) is 0 Å². The van der Waals surface area contributed by atoms with Gasteiger partial charge < -0.3 is 11.1 Å². The quantitative estimate of drug-likeness (QED) is 0.593. The number of hydrogen-bond acceptors (Lipinski definition) is 2. The number of rotatable bonds is 7. The van der Waals surface area contributed by atoms with Crippen LogP contribution in [0.5, 0.6) is 0 Å². The summed E-state index contributed by atoms with van der Waals surface area (Å²) in [6.07, 6.45) is 8.16. The lowest BCUT2D eigenvalue weighted by atomic mass is 9.81. The highest BCUT2D eigenvalue weighted by atomic mass is 14.9. The molecule has 1 aliphatic rings. The number of unbranched alkanes of at least 4 members (excludes halogenated alkanes) is 1. The zero-order valence-corrected chi connectivity index (χ0v) is 8.89. The first-order valence-corrected chi connectivity index (χ1v) is 5.76. The molecule has 0 aromatic rings. The van der Waals surface area contributed by atoms with E-state index in [1.165, 1.54) is 32.1 Å². The van der Waals surface area contributed by atoms with E-state index in [4.69, 9.17) is 5.73 Å². The van der Waals surface area contributed by atoms with Crippen LogP contribution in [-0.2, 0) is 0 Å². The van der Waals surface area contributed by atoms with Crippen molar-refractivity contribution in [3.8, 4) is 0 Å². The molecule has 1 atom stereocenters. The van der Waals surface area contributed by atoms with E-state index in [1.807, 2.05) is 0 Å². The Kier molecular flexibility index (Phi) is 5.40. The molecular weight excluding hydrogens is 160 g/mol. The van der Waals surface area contributed by atoms with E-state index in [0.717, 1.165) is 25.4 Å². The van der Waals surface area contributed by atoms with E-state index < -0.39 is 0 Å². The second kappa shape index (κ2) is 6.39. The third-order valence-electron chi connectivity index (χ3n) is 3.04. The Morgan fingerprint density at radius 1 is 1.38 bits per heavy atom. The van der Waals surface area contributed by atoms with Crippen molar-refractivity contribution in [3.05, 3.63) is 0 Å². The van der Waals surface area contributed by atoms with Crippen LogP contribution in [0.3, 0.4) is 0 Å². The molecule has 0 saturated heterocycles. The normalized spacial score (nSPS) is 19.8. The smallest absolute Gasteiger partial charge is 0.00413 e. The minimum atomic E-state index is 0.711.